The van der Waals surface area contributed by atoms with E-state index in [2.05, 4.69) is 38.7 Å². The molecule has 1 aromatic heterocycles. The normalized spacial score (nSPS) is 14.2. The third-order valence-corrected chi connectivity index (χ3v) is 4.65. The molecule has 104 valence electrons. The summed E-state index contributed by atoms with van der Waals surface area (Å²) in [6, 6.07) is 4.53. The first-order valence-corrected chi connectivity index (χ1v) is 7.78. The molecule has 0 saturated heterocycles. The summed E-state index contributed by atoms with van der Waals surface area (Å²) in [7, 11) is 0. The van der Waals surface area contributed by atoms with Crippen LogP contribution in [0.3, 0.4) is 0 Å². The molecule has 1 unspecified atom stereocenters. The molecule has 1 rings (SSSR count). The molecule has 0 aliphatic heterocycles. The van der Waals surface area contributed by atoms with Crippen molar-refractivity contribution in [2.75, 3.05) is 19.6 Å². The number of nitrogens with two attached hydrogens (primary N) is 1. The molecule has 0 spiro atoms. The minimum Gasteiger partial charge on any atom is -0.330 e. The molecule has 0 aliphatic rings. The molecule has 2 nitrogen and oxygen atoms in total. The van der Waals surface area contributed by atoms with E-state index in [9.17, 15) is 0 Å². The Kier molecular flexibility index (Phi) is 6.12. The van der Waals surface area contributed by atoms with Gasteiger partial charge in [0.2, 0.25) is 0 Å². The van der Waals surface area contributed by atoms with Crippen molar-refractivity contribution in [1.29, 1.82) is 0 Å². The zero-order valence-corrected chi connectivity index (χ0v) is 13.4. The summed E-state index contributed by atoms with van der Waals surface area (Å²) in [6.07, 6.45) is 1.16. The van der Waals surface area contributed by atoms with Crippen LogP contribution >= 0.6 is 22.9 Å². The Morgan fingerprint density at radius 1 is 1.44 bits per heavy atom. The lowest BCUT2D eigenvalue weighted by Gasteiger charge is -2.35. The van der Waals surface area contributed by atoms with Crippen LogP contribution in [0.1, 0.15) is 45.0 Å². The Labute approximate surface area is 120 Å². The van der Waals surface area contributed by atoms with Gasteiger partial charge in [-0.2, -0.15) is 0 Å². The molecule has 1 heterocycles. The lowest BCUT2D eigenvalue weighted by Crippen LogP contribution is -2.40. The number of nitrogens with zero attached hydrogens (tertiary/aromatic N) is 1. The van der Waals surface area contributed by atoms with Gasteiger partial charge in [0.15, 0.2) is 0 Å². The van der Waals surface area contributed by atoms with Crippen molar-refractivity contribution in [1.82, 2.24) is 4.90 Å². The molecular formula is C14H25ClN2S. The van der Waals surface area contributed by atoms with E-state index >= 15 is 0 Å². The van der Waals surface area contributed by atoms with Gasteiger partial charge in [0.05, 0.1) is 4.34 Å². The monoisotopic (exact) mass is 288 g/mol. The van der Waals surface area contributed by atoms with Gasteiger partial charge in [0, 0.05) is 17.5 Å². The van der Waals surface area contributed by atoms with Crippen LogP contribution < -0.4 is 5.73 Å². The lowest BCUT2D eigenvalue weighted by molar-refractivity contribution is 0.142. The van der Waals surface area contributed by atoms with Gasteiger partial charge >= 0.3 is 0 Å². The second kappa shape index (κ2) is 6.90. The van der Waals surface area contributed by atoms with E-state index < -0.39 is 0 Å². The summed E-state index contributed by atoms with van der Waals surface area (Å²) < 4.78 is 0.867. The molecule has 0 aliphatic carbocycles. The first-order chi connectivity index (χ1) is 8.39. The smallest absolute Gasteiger partial charge is 0.0931 e. The topological polar surface area (TPSA) is 29.3 Å². The fourth-order valence-electron chi connectivity index (χ4n) is 2.04. The van der Waals surface area contributed by atoms with Gasteiger partial charge in [-0.05, 0) is 44.0 Å². The van der Waals surface area contributed by atoms with Crippen LogP contribution in [0.4, 0.5) is 0 Å². The number of thiophene rings is 1. The first kappa shape index (κ1) is 16.0. The largest absolute Gasteiger partial charge is 0.330 e. The van der Waals surface area contributed by atoms with E-state index in [4.69, 9.17) is 17.3 Å². The molecular weight excluding hydrogens is 264 g/mol. The van der Waals surface area contributed by atoms with Crippen LogP contribution in [0.2, 0.25) is 4.34 Å². The van der Waals surface area contributed by atoms with Crippen molar-refractivity contribution >= 4 is 22.9 Å². The summed E-state index contributed by atoms with van der Waals surface area (Å²) in [5, 5.41) is 0. The Balaban J connectivity index is 2.78. The van der Waals surface area contributed by atoms with Crippen molar-refractivity contribution in [3.63, 3.8) is 0 Å². The summed E-state index contributed by atoms with van der Waals surface area (Å²) in [5.74, 6) is 0. The first-order valence-electron chi connectivity index (χ1n) is 6.59. The van der Waals surface area contributed by atoms with E-state index in [0.717, 1.165) is 23.8 Å². The van der Waals surface area contributed by atoms with Crippen molar-refractivity contribution < 1.29 is 0 Å². The van der Waals surface area contributed by atoms with Gasteiger partial charge in [-0.15, -0.1) is 11.3 Å². The van der Waals surface area contributed by atoms with Crippen LogP contribution in [-0.4, -0.2) is 24.5 Å². The van der Waals surface area contributed by atoms with Crippen LogP contribution in [0.15, 0.2) is 12.1 Å². The maximum atomic E-state index is 6.03. The van der Waals surface area contributed by atoms with Gasteiger partial charge in [0.1, 0.15) is 0 Å². The van der Waals surface area contributed by atoms with E-state index in [1.807, 2.05) is 6.07 Å². The predicted molar refractivity (Wildman–Crippen MR) is 82.4 cm³/mol. The molecule has 0 fully saturated rings. The van der Waals surface area contributed by atoms with E-state index in [1.54, 1.807) is 11.3 Å². The minimum atomic E-state index is 0.157. The fourth-order valence-corrected chi connectivity index (χ4v) is 3.19. The average molecular weight is 289 g/mol. The molecule has 18 heavy (non-hydrogen) atoms. The summed E-state index contributed by atoms with van der Waals surface area (Å²) in [5.41, 5.74) is 6.01. The number of hydrogen-bond donors (Lipinski definition) is 1. The van der Waals surface area contributed by atoms with Crippen molar-refractivity contribution in [3.05, 3.63) is 21.3 Å². The maximum absolute atomic E-state index is 6.03. The molecule has 1 atom stereocenters. The Bertz CT molecular complexity index is 362. The minimum absolute atomic E-state index is 0.157. The van der Waals surface area contributed by atoms with E-state index in [0.29, 0.717) is 12.6 Å². The molecule has 0 saturated carbocycles. The Morgan fingerprint density at radius 2 is 2.11 bits per heavy atom. The van der Waals surface area contributed by atoms with Gasteiger partial charge in [-0.1, -0.05) is 32.4 Å². The van der Waals surface area contributed by atoms with Crippen molar-refractivity contribution in [3.8, 4) is 0 Å². The number of rotatable bonds is 7. The Morgan fingerprint density at radius 3 is 2.56 bits per heavy atom. The maximum Gasteiger partial charge on any atom is 0.0931 e. The van der Waals surface area contributed by atoms with E-state index in [1.165, 1.54) is 4.88 Å². The third-order valence-electron chi connectivity index (χ3n) is 3.25. The zero-order valence-electron chi connectivity index (χ0n) is 11.9. The molecule has 2 N–H and O–H groups in total. The highest BCUT2D eigenvalue weighted by atomic mass is 35.5. The standard InChI is InChI=1S/C14H25ClN2S/c1-5-8-17(10-14(3,4)9-16)11(2)12-6-7-13(15)18-12/h6-7,11H,5,8-10,16H2,1-4H3. The van der Waals surface area contributed by atoms with Crippen molar-refractivity contribution in [2.45, 2.75) is 40.2 Å². The SMILES string of the molecule is CCCN(CC(C)(C)CN)C(C)c1ccc(Cl)s1. The van der Waals surface area contributed by atoms with Gasteiger partial charge in [0.25, 0.3) is 0 Å². The fraction of sp³-hybridized carbons (Fsp3) is 0.714. The summed E-state index contributed by atoms with van der Waals surface area (Å²) in [6.45, 7) is 11.8. The Hall–Kier alpha value is -0.0900. The van der Waals surface area contributed by atoms with E-state index in [-0.39, 0.29) is 5.41 Å². The van der Waals surface area contributed by atoms with Crippen LogP contribution in [0, 0.1) is 5.41 Å². The molecule has 0 bridgehead atoms. The lowest BCUT2D eigenvalue weighted by atomic mass is 9.92. The molecule has 0 amide bonds. The van der Waals surface area contributed by atoms with Gasteiger partial charge in [-0.3, -0.25) is 4.90 Å². The quantitative estimate of drug-likeness (QED) is 0.816. The second-order valence-electron chi connectivity index (χ2n) is 5.66. The zero-order chi connectivity index (χ0) is 13.8. The van der Waals surface area contributed by atoms with Gasteiger partial charge in [-0.25, -0.2) is 0 Å². The third kappa shape index (κ3) is 4.54. The second-order valence-corrected chi connectivity index (χ2v) is 7.40. The van der Waals surface area contributed by atoms with Crippen LogP contribution in [-0.2, 0) is 0 Å². The predicted octanol–water partition coefficient (Wildman–Crippen LogP) is 4.16. The van der Waals surface area contributed by atoms with Crippen LogP contribution in [0.5, 0.6) is 0 Å². The van der Waals surface area contributed by atoms with Crippen molar-refractivity contribution in [2.24, 2.45) is 11.1 Å². The number of hydrogen-bond acceptors (Lipinski definition) is 3. The highest BCUT2D eigenvalue weighted by Crippen LogP contribution is 2.32. The highest BCUT2D eigenvalue weighted by Gasteiger charge is 2.24. The van der Waals surface area contributed by atoms with Crippen LogP contribution in [0.25, 0.3) is 0 Å². The summed E-state index contributed by atoms with van der Waals surface area (Å²) >= 11 is 7.70. The summed E-state index contributed by atoms with van der Waals surface area (Å²) in [4.78, 5) is 3.84. The van der Waals surface area contributed by atoms with Gasteiger partial charge < -0.3 is 5.73 Å². The highest BCUT2D eigenvalue weighted by molar-refractivity contribution is 7.16. The molecule has 0 aromatic carbocycles. The molecule has 1 aromatic rings. The number of halogens is 1. The molecule has 4 heteroatoms. The average Bonchev–Trinajstić information content (AvgIpc) is 2.74. The molecule has 0 radical (unpaired) electrons.